The highest BCUT2D eigenvalue weighted by Gasteiger charge is 2.24. The van der Waals surface area contributed by atoms with Gasteiger partial charge in [0.15, 0.2) is 11.6 Å². The Morgan fingerprint density at radius 2 is 2.21 bits per heavy atom. The van der Waals surface area contributed by atoms with Crippen molar-refractivity contribution in [1.82, 2.24) is 20.2 Å². The van der Waals surface area contributed by atoms with E-state index in [1.165, 1.54) is 18.5 Å². The summed E-state index contributed by atoms with van der Waals surface area (Å²) < 4.78 is 39.6. The molecule has 2 aromatic rings. The van der Waals surface area contributed by atoms with Crippen molar-refractivity contribution in [2.45, 2.75) is 26.1 Å². The molecule has 2 aromatic heterocycles. The minimum atomic E-state index is -2.92. The van der Waals surface area contributed by atoms with Gasteiger partial charge in [-0.05, 0) is 13.3 Å². The van der Waals surface area contributed by atoms with Gasteiger partial charge in [0.2, 0.25) is 11.8 Å². The van der Waals surface area contributed by atoms with Crippen LogP contribution in [0.3, 0.4) is 0 Å². The molecule has 1 saturated heterocycles. The number of hydrogen-bond donors (Lipinski definition) is 2. The second kappa shape index (κ2) is 7.39. The summed E-state index contributed by atoms with van der Waals surface area (Å²) in [6.45, 7) is 0.458. The Labute approximate surface area is 136 Å². The van der Waals surface area contributed by atoms with E-state index < -0.39 is 6.61 Å². The van der Waals surface area contributed by atoms with Crippen LogP contribution in [0.25, 0.3) is 0 Å². The first-order valence-electron chi connectivity index (χ1n) is 7.44. The monoisotopic (exact) mass is 341 g/mol. The van der Waals surface area contributed by atoms with Crippen molar-refractivity contribution in [3.05, 3.63) is 18.5 Å². The number of H-pyrrole nitrogens is 1. The van der Waals surface area contributed by atoms with Gasteiger partial charge in [0.05, 0.1) is 19.0 Å². The van der Waals surface area contributed by atoms with Crippen LogP contribution < -0.4 is 14.8 Å². The molecule has 0 unspecified atom stereocenters. The van der Waals surface area contributed by atoms with E-state index in [1.54, 1.807) is 0 Å². The van der Waals surface area contributed by atoms with Gasteiger partial charge < -0.3 is 19.5 Å². The lowest BCUT2D eigenvalue weighted by Crippen LogP contribution is -2.24. The highest BCUT2D eigenvalue weighted by Crippen LogP contribution is 2.22. The number of anilines is 2. The van der Waals surface area contributed by atoms with E-state index in [1.807, 2.05) is 6.92 Å². The van der Waals surface area contributed by atoms with Crippen LogP contribution in [0, 0.1) is 5.92 Å². The van der Waals surface area contributed by atoms with Crippen molar-refractivity contribution < 1.29 is 23.0 Å². The van der Waals surface area contributed by atoms with Gasteiger partial charge in [-0.15, -0.1) is 0 Å². The Hall–Kier alpha value is -2.49. The fraction of sp³-hybridized carbons (Fsp3) is 0.500. The number of rotatable bonds is 7. The molecule has 1 fully saturated rings. The number of halogens is 2. The first kappa shape index (κ1) is 16.4. The van der Waals surface area contributed by atoms with E-state index in [0.717, 1.165) is 13.0 Å². The quantitative estimate of drug-likeness (QED) is 0.798. The lowest BCUT2D eigenvalue weighted by Gasteiger charge is -2.18. The van der Waals surface area contributed by atoms with Gasteiger partial charge in [0.1, 0.15) is 6.10 Å². The predicted octanol–water partition coefficient (Wildman–Crippen LogP) is 2.35. The first-order valence-corrected chi connectivity index (χ1v) is 7.44. The van der Waals surface area contributed by atoms with Crippen molar-refractivity contribution in [3.63, 3.8) is 0 Å². The lowest BCUT2D eigenvalue weighted by molar-refractivity contribution is -0.0528. The van der Waals surface area contributed by atoms with Crippen molar-refractivity contribution in [2.75, 3.05) is 18.5 Å². The summed E-state index contributed by atoms with van der Waals surface area (Å²) in [5, 5.41) is 8.97. The normalized spacial score (nSPS) is 18.6. The SMILES string of the molecule is C[C@H](Oc1cncc(Nc2cc(OC(F)F)[nH]n2)n1)[C@@H]1CCOC1. The van der Waals surface area contributed by atoms with E-state index in [9.17, 15) is 8.78 Å². The van der Waals surface area contributed by atoms with Gasteiger partial charge in [-0.2, -0.15) is 18.9 Å². The van der Waals surface area contributed by atoms with Crippen LogP contribution >= 0.6 is 0 Å². The molecule has 2 atom stereocenters. The maximum atomic E-state index is 12.1. The largest absolute Gasteiger partial charge is 0.473 e. The maximum Gasteiger partial charge on any atom is 0.388 e. The highest BCUT2D eigenvalue weighted by atomic mass is 19.3. The van der Waals surface area contributed by atoms with Crippen molar-refractivity contribution in [1.29, 1.82) is 0 Å². The molecule has 0 aliphatic carbocycles. The van der Waals surface area contributed by atoms with Crippen LogP contribution in [0.4, 0.5) is 20.4 Å². The van der Waals surface area contributed by atoms with Crippen molar-refractivity contribution in [2.24, 2.45) is 5.92 Å². The Kier molecular flexibility index (Phi) is 5.04. The summed E-state index contributed by atoms with van der Waals surface area (Å²) in [7, 11) is 0. The van der Waals surface area contributed by atoms with Crippen LogP contribution in [-0.2, 0) is 4.74 Å². The third kappa shape index (κ3) is 4.28. The fourth-order valence-electron chi connectivity index (χ4n) is 2.33. The third-order valence-corrected chi connectivity index (χ3v) is 3.57. The molecule has 1 aliphatic rings. The second-order valence-corrected chi connectivity index (χ2v) is 5.31. The number of nitrogens with zero attached hydrogens (tertiary/aromatic N) is 3. The molecular weight excluding hydrogens is 324 g/mol. The highest BCUT2D eigenvalue weighted by molar-refractivity contribution is 5.51. The van der Waals surface area contributed by atoms with E-state index in [2.05, 4.69) is 30.2 Å². The van der Waals surface area contributed by atoms with Gasteiger partial charge >= 0.3 is 6.61 Å². The van der Waals surface area contributed by atoms with E-state index in [4.69, 9.17) is 9.47 Å². The molecule has 3 heterocycles. The number of hydrogen-bond acceptors (Lipinski definition) is 7. The molecule has 1 aliphatic heterocycles. The number of ether oxygens (including phenoxy) is 3. The summed E-state index contributed by atoms with van der Waals surface area (Å²) in [4.78, 5) is 8.32. The zero-order valence-electron chi connectivity index (χ0n) is 12.9. The van der Waals surface area contributed by atoms with Crippen LogP contribution in [0.15, 0.2) is 18.5 Å². The molecule has 8 nitrogen and oxygen atoms in total. The standard InChI is InChI=1S/C14H17F2N5O3/c1-8(9-2-3-22-7-9)23-13-6-17-5-11(19-13)18-10-4-12(21-20-10)24-14(15)16/h4-6,8-9,14H,2-3,7H2,1H3,(H2,18,19,20,21)/t8-,9+/m0/s1. The van der Waals surface area contributed by atoms with Crippen LogP contribution in [0.5, 0.6) is 11.8 Å². The third-order valence-electron chi connectivity index (χ3n) is 3.57. The zero-order valence-corrected chi connectivity index (χ0v) is 12.9. The van der Waals surface area contributed by atoms with Crippen LogP contribution in [0.2, 0.25) is 0 Å². The summed E-state index contributed by atoms with van der Waals surface area (Å²) in [5.41, 5.74) is 0. The van der Waals surface area contributed by atoms with Gasteiger partial charge in [-0.1, -0.05) is 0 Å². The zero-order chi connectivity index (χ0) is 16.9. The van der Waals surface area contributed by atoms with Crippen LogP contribution in [-0.4, -0.2) is 46.1 Å². The first-order chi connectivity index (χ1) is 11.6. The fourth-order valence-corrected chi connectivity index (χ4v) is 2.33. The van der Waals surface area contributed by atoms with Crippen molar-refractivity contribution in [3.8, 4) is 11.8 Å². The minimum Gasteiger partial charge on any atom is -0.473 e. The summed E-state index contributed by atoms with van der Waals surface area (Å²) in [6.07, 6.45) is 3.88. The molecule has 3 rings (SSSR count). The Bertz CT molecular complexity index is 663. The van der Waals surface area contributed by atoms with E-state index in [-0.39, 0.29) is 17.8 Å². The molecule has 0 spiro atoms. The molecule has 10 heteroatoms. The number of aromatic nitrogens is 4. The summed E-state index contributed by atoms with van der Waals surface area (Å²) in [6, 6.07) is 1.29. The molecule has 24 heavy (non-hydrogen) atoms. The second-order valence-electron chi connectivity index (χ2n) is 5.31. The summed E-state index contributed by atoms with van der Waals surface area (Å²) >= 11 is 0. The molecule has 130 valence electrons. The Morgan fingerprint density at radius 1 is 1.33 bits per heavy atom. The van der Waals surface area contributed by atoms with Gasteiger partial charge in [0.25, 0.3) is 0 Å². The number of alkyl halides is 2. The predicted molar refractivity (Wildman–Crippen MR) is 79.6 cm³/mol. The number of aromatic amines is 1. The molecule has 2 N–H and O–H groups in total. The molecule has 0 bridgehead atoms. The lowest BCUT2D eigenvalue weighted by atomic mass is 10.0. The topological polar surface area (TPSA) is 94.2 Å². The molecule has 0 amide bonds. The van der Waals surface area contributed by atoms with E-state index in [0.29, 0.717) is 24.2 Å². The molecule has 0 saturated carbocycles. The summed E-state index contributed by atoms with van der Waals surface area (Å²) in [5.74, 6) is 1.18. The molecule has 0 aromatic carbocycles. The Morgan fingerprint density at radius 3 is 2.96 bits per heavy atom. The Balaban J connectivity index is 1.61. The average Bonchev–Trinajstić information content (AvgIpc) is 3.19. The van der Waals surface area contributed by atoms with Gasteiger partial charge in [-0.3, -0.25) is 4.98 Å². The molecular formula is C14H17F2N5O3. The molecule has 0 radical (unpaired) electrons. The van der Waals surface area contributed by atoms with Gasteiger partial charge in [-0.25, -0.2) is 5.10 Å². The van der Waals surface area contributed by atoms with Crippen LogP contribution in [0.1, 0.15) is 13.3 Å². The van der Waals surface area contributed by atoms with Gasteiger partial charge in [0, 0.05) is 18.6 Å². The van der Waals surface area contributed by atoms with Crippen molar-refractivity contribution >= 4 is 11.6 Å². The maximum absolute atomic E-state index is 12.1. The smallest absolute Gasteiger partial charge is 0.388 e. The number of nitrogens with one attached hydrogen (secondary N) is 2. The average molecular weight is 341 g/mol. The van der Waals surface area contributed by atoms with E-state index >= 15 is 0 Å². The minimum absolute atomic E-state index is 0.0477.